The van der Waals surface area contributed by atoms with Crippen LogP contribution >= 0.6 is 23.2 Å². The topological polar surface area (TPSA) is 21.3 Å². The standard InChI is InChI=1S/C16H23Cl2NO/c1-19-14(6-7-15-4-2-3-9-20-15)11-12-10-13(17)5-8-16(12)18/h5,8,10,14-15,19H,2-4,6-7,9,11H2,1H3. The third-order valence-electron chi connectivity index (χ3n) is 3.99. The Morgan fingerprint density at radius 2 is 2.20 bits per heavy atom. The maximum Gasteiger partial charge on any atom is 0.0575 e. The molecule has 0 aromatic heterocycles. The Kier molecular flexibility index (Phi) is 6.63. The van der Waals surface area contributed by atoms with E-state index in [0.717, 1.165) is 41.5 Å². The van der Waals surface area contributed by atoms with Crippen LogP contribution in [0.25, 0.3) is 0 Å². The molecule has 20 heavy (non-hydrogen) atoms. The van der Waals surface area contributed by atoms with Gasteiger partial charge in [-0.1, -0.05) is 23.2 Å². The van der Waals surface area contributed by atoms with Crippen molar-refractivity contribution in [3.8, 4) is 0 Å². The van der Waals surface area contributed by atoms with Crippen LogP contribution in [0.2, 0.25) is 10.0 Å². The van der Waals surface area contributed by atoms with Crippen LogP contribution in [-0.4, -0.2) is 25.8 Å². The predicted octanol–water partition coefficient (Wildman–Crippen LogP) is 4.47. The molecule has 2 rings (SSSR count). The maximum atomic E-state index is 6.24. The summed E-state index contributed by atoms with van der Waals surface area (Å²) in [7, 11) is 2.00. The van der Waals surface area contributed by atoms with Crippen LogP contribution in [0.3, 0.4) is 0 Å². The molecule has 1 aromatic rings. The van der Waals surface area contributed by atoms with E-state index in [9.17, 15) is 0 Å². The Balaban J connectivity index is 1.86. The van der Waals surface area contributed by atoms with Crippen LogP contribution in [-0.2, 0) is 11.2 Å². The molecule has 0 spiro atoms. The number of hydrogen-bond acceptors (Lipinski definition) is 2. The molecule has 4 heteroatoms. The highest BCUT2D eigenvalue weighted by Gasteiger charge is 2.17. The van der Waals surface area contributed by atoms with Crippen LogP contribution in [0.5, 0.6) is 0 Å². The Labute approximate surface area is 131 Å². The first-order chi connectivity index (χ1) is 9.69. The monoisotopic (exact) mass is 315 g/mol. The SMILES string of the molecule is CNC(CCC1CCCCO1)Cc1cc(Cl)ccc1Cl. The van der Waals surface area contributed by atoms with Gasteiger partial charge in [0.25, 0.3) is 0 Å². The first kappa shape index (κ1) is 16.1. The minimum absolute atomic E-state index is 0.413. The summed E-state index contributed by atoms with van der Waals surface area (Å²) in [6, 6.07) is 6.08. The van der Waals surface area contributed by atoms with Gasteiger partial charge in [0.05, 0.1) is 6.10 Å². The van der Waals surface area contributed by atoms with Gasteiger partial charge in [0.1, 0.15) is 0 Å². The molecule has 1 N–H and O–H groups in total. The van der Waals surface area contributed by atoms with Gasteiger partial charge in [-0.05, 0) is 69.3 Å². The van der Waals surface area contributed by atoms with Crippen molar-refractivity contribution in [1.82, 2.24) is 5.32 Å². The highest BCUT2D eigenvalue weighted by atomic mass is 35.5. The van der Waals surface area contributed by atoms with Crippen molar-refractivity contribution in [2.75, 3.05) is 13.7 Å². The summed E-state index contributed by atoms with van der Waals surface area (Å²) >= 11 is 12.3. The lowest BCUT2D eigenvalue weighted by Gasteiger charge is -2.25. The molecule has 0 radical (unpaired) electrons. The summed E-state index contributed by atoms with van der Waals surface area (Å²) in [6.45, 7) is 0.926. The number of benzene rings is 1. The Bertz CT molecular complexity index is 419. The highest BCUT2D eigenvalue weighted by Crippen LogP contribution is 2.24. The van der Waals surface area contributed by atoms with E-state index in [0.29, 0.717) is 12.1 Å². The number of halogens is 2. The predicted molar refractivity (Wildman–Crippen MR) is 85.8 cm³/mol. The van der Waals surface area contributed by atoms with Gasteiger partial charge in [-0.3, -0.25) is 0 Å². The van der Waals surface area contributed by atoms with Crippen LogP contribution in [0.4, 0.5) is 0 Å². The van der Waals surface area contributed by atoms with Gasteiger partial charge in [0.15, 0.2) is 0 Å². The van der Waals surface area contributed by atoms with Gasteiger partial charge in [0, 0.05) is 22.7 Å². The van der Waals surface area contributed by atoms with Gasteiger partial charge in [-0.2, -0.15) is 0 Å². The molecule has 0 aliphatic carbocycles. The van der Waals surface area contributed by atoms with E-state index in [1.807, 2.05) is 25.2 Å². The molecule has 2 atom stereocenters. The molecule has 2 unspecified atom stereocenters. The zero-order chi connectivity index (χ0) is 14.4. The first-order valence-corrected chi connectivity index (χ1v) is 8.17. The minimum atomic E-state index is 0.413. The van der Waals surface area contributed by atoms with Crippen molar-refractivity contribution >= 4 is 23.2 Å². The summed E-state index contributed by atoms with van der Waals surface area (Å²) in [5.74, 6) is 0. The van der Waals surface area contributed by atoms with Crippen molar-refractivity contribution in [2.24, 2.45) is 0 Å². The molecule has 1 saturated heterocycles. The average molecular weight is 316 g/mol. The largest absolute Gasteiger partial charge is 0.378 e. The van der Waals surface area contributed by atoms with Gasteiger partial charge < -0.3 is 10.1 Å². The summed E-state index contributed by atoms with van der Waals surface area (Å²) in [5.41, 5.74) is 1.11. The summed E-state index contributed by atoms with van der Waals surface area (Å²) in [6.07, 6.45) is 7.28. The molecule has 0 amide bonds. The summed E-state index contributed by atoms with van der Waals surface area (Å²) in [4.78, 5) is 0. The fraction of sp³-hybridized carbons (Fsp3) is 0.625. The minimum Gasteiger partial charge on any atom is -0.378 e. The van der Waals surface area contributed by atoms with Crippen molar-refractivity contribution in [2.45, 2.75) is 50.7 Å². The van der Waals surface area contributed by atoms with Crippen molar-refractivity contribution < 1.29 is 4.74 Å². The number of nitrogens with one attached hydrogen (secondary N) is 1. The Morgan fingerprint density at radius 3 is 2.90 bits per heavy atom. The average Bonchev–Trinajstić information content (AvgIpc) is 2.48. The fourth-order valence-corrected chi connectivity index (χ4v) is 3.13. The quantitative estimate of drug-likeness (QED) is 0.836. The van der Waals surface area contributed by atoms with Crippen LogP contribution in [0.15, 0.2) is 18.2 Å². The maximum absolute atomic E-state index is 6.24. The molecule has 1 aliphatic rings. The second-order valence-electron chi connectivity index (χ2n) is 5.49. The Hall–Kier alpha value is -0.280. The van der Waals surface area contributed by atoms with Gasteiger partial charge in [0.2, 0.25) is 0 Å². The fourth-order valence-electron chi connectivity index (χ4n) is 2.74. The number of rotatable bonds is 6. The molecular formula is C16H23Cl2NO. The van der Waals surface area contributed by atoms with Gasteiger partial charge in [-0.15, -0.1) is 0 Å². The lowest BCUT2D eigenvalue weighted by molar-refractivity contribution is 0.00870. The number of likely N-dealkylation sites (N-methyl/N-ethyl adjacent to an activating group) is 1. The molecule has 1 aliphatic heterocycles. The lowest BCUT2D eigenvalue weighted by Crippen LogP contribution is -2.30. The third-order valence-corrected chi connectivity index (χ3v) is 4.60. The van der Waals surface area contributed by atoms with E-state index < -0.39 is 0 Å². The van der Waals surface area contributed by atoms with E-state index in [2.05, 4.69) is 5.32 Å². The second kappa shape index (κ2) is 8.23. The van der Waals surface area contributed by atoms with Crippen LogP contribution in [0.1, 0.15) is 37.7 Å². The second-order valence-corrected chi connectivity index (χ2v) is 6.34. The zero-order valence-electron chi connectivity index (χ0n) is 12.0. The van der Waals surface area contributed by atoms with E-state index in [1.54, 1.807) is 0 Å². The molecule has 1 fully saturated rings. The summed E-state index contributed by atoms with van der Waals surface area (Å²) < 4.78 is 5.79. The summed E-state index contributed by atoms with van der Waals surface area (Å²) in [5, 5.41) is 4.92. The molecular weight excluding hydrogens is 293 g/mol. The molecule has 112 valence electrons. The van der Waals surface area contributed by atoms with Crippen molar-refractivity contribution in [1.29, 1.82) is 0 Å². The third kappa shape index (κ3) is 4.92. The molecule has 2 nitrogen and oxygen atoms in total. The molecule has 0 bridgehead atoms. The Morgan fingerprint density at radius 1 is 1.35 bits per heavy atom. The smallest absolute Gasteiger partial charge is 0.0575 e. The molecule has 0 saturated carbocycles. The first-order valence-electron chi connectivity index (χ1n) is 7.42. The highest BCUT2D eigenvalue weighted by molar-refractivity contribution is 6.33. The van der Waals surface area contributed by atoms with Crippen molar-refractivity contribution in [3.63, 3.8) is 0 Å². The van der Waals surface area contributed by atoms with Crippen molar-refractivity contribution in [3.05, 3.63) is 33.8 Å². The number of hydrogen-bond donors (Lipinski definition) is 1. The zero-order valence-corrected chi connectivity index (χ0v) is 13.5. The van der Waals surface area contributed by atoms with E-state index in [1.165, 1.54) is 19.3 Å². The van der Waals surface area contributed by atoms with Crippen LogP contribution in [0, 0.1) is 0 Å². The van der Waals surface area contributed by atoms with E-state index >= 15 is 0 Å². The van der Waals surface area contributed by atoms with Crippen LogP contribution < -0.4 is 5.32 Å². The van der Waals surface area contributed by atoms with E-state index in [-0.39, 0.29) is 0 Å². The lowest BCUT2D eigenvalue weighted by atomic mass is 9.97. The van der Waals surface area contributed by atoms with Gasteiger partial charge >= 0.3 is 0 Å². The normalized spacial score (nSPS) is 20.9. The molecule has 1 heterocycles. The van der Waals surface area contributed by atoms with Gasteiger partial charge in [-0.25, -0.2) is 0 Å². The van der Waals surface area contributed by atoms with E-state index in [4.69, 9.17) is 27.9 Å². The molecule has 1 aromatic carbocycles. The number of ether oxygens (including phenoxy) is 1.